The van der Waals surface area contributed by atoms with Gasteiger partial charge in [-0.3, -0.25) is 0 Å². The zero-order valence-electron chi connectivity index (χ0n) is 17.0. The van der Waals surface area contributed by atoms with E-state index in [9.17, 15) is 4.79 Å². The lowest BCUT2D eigenvalue weighted by Gasteiger charge is -2.29. The summed E-state index contributed by atoms with van der Waals surface area (Å²) in [6.45, 7) is 8.13. The van der Waals surface area contributed by atoms with Crippen molar-refractivity contribution in [3.63, 3.8) is 0 Å². The van der Waals surface area contributed by atoms with Crippen molar-refractivity contribution in [2.45, 2.75) is 52.0 Å². The van der Waals surface area contributed by atoms with E-state index in [0.29, 0.717) is 18.1 Å². The highest BCUT2D eigenvalue weighted by Gasteiger charge is 2.29. The lowest BCUT2D eigenvalue weighted by molar-refractivity contribution is 0.0521. The van der Waals surface area contributed by atoms with Gasteiger partial charge >= 0.3 is 5.97 Å². The molecule has 0 spiro atoms. The van der Waals surface area contributed by atoms with Gasteiger partial charge in [-0.25, -0.2) is 4.79 Å². The summed E-state index contributed by atoms with van der Waals surface area (Å²) in [5, 5.41) is 0.721. The quantitative estimate of drug-likeness (QED) is 0.544. The number of rotatable bonds is 7. The number of ether oxygens (including phenoxy) is 2. The third-order valence-electron chi connectivity index (χ3n) is 5.52. The molecular weight excluding hydrogens is 374 g/mol. The Morgan fingerprint density at radius 3 is 2.50 bits per heavy atom. The maximum Gasteiger partial charge on any atom is 0.339 e. The van der Waals surface area contributed by atoms with E-state index in [1.165, 1.54) is 5.56 Å². The molecule has 1 atom stereocenters. The Labute approximate surface area is 172 Å². The Balaban J connectivity index is 2.06. The first kappa shape index (κ1) is 20.9. The Morgan fingerprint density at radius 2 is 1.89 bits per heavy atom. The molecule has 4 nitrogen and oxygen atoms in total. The molecule has 1 saturated heterocycles. The molecular formula is C23H30ClNO3. The topological polar surface area (TPSA) is 40.5 Å². The number of hydrogen-bond acceptors (Lipinski definition) is 3. The van der Waals surface area contributed by atoms with Crippen LogP contribution in [0.3, 0.4) is 0 Å². The van der Waals surface area contributed by atoms with Crippen LogP contribution in [0.2, 0.25) is 5.02 Å². The number of carbonyl (C=O) groups excluding carboxylic acids is 1. The van der Waals surface area contributed by atoms with Crippen molar-refractivity contribution in [1.29, 1.82) is 0 Å². The average molecular weight is 404 g/mol. The smallest absolute Gasteiger partial charge is 0.339 e. The first-order chi connectivity index (χ1) is 13.5. The van der Waals surface area contributed by atoms with E-state index in [2.05, 4.69) is 30.5 Å². The van der Waals surface area contributed by atoms with Crippen LogP contribution in [-0.2, 0) is 9.47 Å². The van der Waals surface area contributed by atoms with Gasteiger partial charge in [0.15, 0.2) is 0 Å². The molecule has 1 fully saturated rings. The molecule has 1 aliphatic rings. The zero-order valence-corrected chi connectivity index (χ0v) is 17.7. The van der Waals surface area contributed by atoms with Crippen molar-refractivity contribution in [2.24, 2.45) is 5.92 Å². The minimum absolute atomic E-state index is 0.108. The van der Waals surface area contributed by atoms with Gasteiger partial charge in [0.1, 0.15) is 0 Å². The Hall–Kier alpha value is -1.78. The molecule has 2 heterocycles. The van der Waals surface area contributed by atoms with Gasteiger partial charge in [0.05, 0.1) is 12.2 Å². The lowest BCUT2D eigenvalue weighted by Crippen LogP contribution is -2.22. The summed E-state index contributed by atoms with van der Waals surface area (Å²) < 4.78 is 13.1. The molecule has 0 saturated carbocycles. The predicted molar refractivity (Wildman–Crippen MR) is 112 cm³/mol. The Morgan fingerprint density at radius 1 is 1.21 bits per heavy atom. The van der Waals surface area contributed by atoms with Crippen molar-refractivity contribution in [3.05, 3.63) is 58.4 Å². The monoisotopic (exact) mass is 403 g/mol. The molecule has 0 aliphatic carbocycles. The SMILES string of the molecule is CCOC(=O)c1ccn(C(C)C)c1C(CC1CCOCC1)c1ccc(Cl)cc1. The van der Waals surface area contributed by atoms with E-state index in [1.807, 2.05) is 31.3 Å². The number of hydrogen-bond donors (Lipinski definition) is 0. The third-order valence-corrected chi connectivity index (χ3v) is 5.77. The van der Waals surface area contributed by atoms with Gasteiger partial charge in [0.25, 0.3) is 0 Å². The summed E-state index contributed by atoms with van der Waals surface area (Å²) in [6, 6.07) is 10.2. The van der Waals surface area contributed by atoms with Gasteiger partial charge in [0.2, 0.25) is 0 Å². The zero-order chi connectivity index (χ0) is 20.1. The molecule has 0 N–H and O–H groups in total. The highest BCUT2D eigenvalue weighted by molar-refractivity contribution is 6.30. The fourth-order valence-corrected chi connectivity index (χ4v) is 4.20. The van der Waals surface area contributed by atoms with Crippen molar-refractivity contribution in [3.8, 4) is 0 Å². The van der Waals surface area contributed by atoms with Crippen molar-refractivity contribution >= 4 is 17.6 Å². The van der Waals surface area contributed by atoms with E-state index in [1.54, 1.807) is 0 Å². The van der Waals surface area contributed by atoms with Gasteiger partial charge in [-0.2, -0.15) is 0 Å². The van der Waals surface area contributed by atoms with Gasteiger partial charge < -0.3 is 14.0 Å². The van der Waals surface area contributed by atoms with Crippen LogP contribution in [0.15, 0.2) is 36.5 Å². The first-order valence-electron chi connectivity index (χ1n) is 10.2. The highest BCUT2D eigenvalue weighted by Crippen LogP contribution is 2.38. The molecule has 3 rings (SSSR count). The van der Waals surface area contributed by atoms with Crippen molar-refractivity contribution in [1.82, 2.24) is 4.57 Å². The second-order valence-electron chi connectivity index (χ2n) is 7.73. The molecule has 1 aromatic carbocycles. The molecule has 2 aromatic rings. The number of nitrogens with zero attached hydrogens (tertiary/aromatic N) is 1. The Kier molecular flexibility index (Phi) is 7.19. The van der Waals surface area contributed by atoms with Gasteiger partial charge in [-0.1, -0.05) is 23.7 Å². The molecule has 5 heteroatoms. The summed E-state index contributed by atoms with van der Waals surface area (Å²) in [5.41, 5.74) is 2.90. The summed E-state index contributed by atoms with van der Waals surface area (Å²) in [6.07, 6.45) is 5.11. The fourth-order valence-electron chi connectivity index (χ4n) is 4.08. The lowest BCUT2D eigenvalue weighted by atomic mass is 9.82. The Bertz CT molecular complexity index is 776. The van der Waals surface area contributed by atoms with Crippen LogP contribution in [0.4, 0.5) is 0 Å². The minimum atomic E-state index is -0.247. The van der Waals surface area contributed by atoms with E-state index in [-0.39, 0.29) is 17.9 Å². The number of benzene rings is 1. The van der Waals surface area contributed by atoms with Crippen LogP contribution in [0.25, 0.3) is 0 Å². The van der Waals surface area contributed by atoms with Crippen LogP contribution in [-0.4, -0.2) is 30.4 Å². The minimum Gasteiger partial charge on any atom is -0.462 e. The number of carbonyl (C=O) groups is 1. The van der Waals surface area contributed by atoms with Gasteiger partial charge in [-0.15, -0.1) is 0 Å². The maximum atomic E-state index is 12.7. The third kappa shape index (κ3) is 4.79. The second kappa shape index (κ2) is 9.62. The molecule has 1 unspecified atom stereocenters. The van der Waals surface area contributed by atoms with E-state index < -0.39 is 0 Å². The van der Waals surface area contributed by atoms with E-state index >= 15 is 0 Å². The fraction of sp³-hybridized carbons (Fsp3) is 0.522. The van der Waals surface area contributed by atoms with Crippen LogP contribution in [0.1, 0.15) is 73.6 Å². The molecule has 1 aromatic heterocycles. The molecule has 28 heavy (non-hydrogen) atoms. The standard InChI is InChI=1S/C23H30ClNO3/c1-4-28-23(26)20-9-12-25(16(2)3)22(20)21(15-17-10-13-27-14-11-17)18-5-7-19(24)8-6-18/h5-9,12,16-17,21H,4,10-11,13-15H2,1-3H3. The summed E-state index contributed by atoms with van der Waals surface area (Å²) in [5.74, 6) is 0.431. The molecule has 0 bridgehead atoms. The van der Waals surface area contributed by atoms with Crippen LogP contribution in [0.5, 0.6) is 0 Å². The second-order valence-corrected chi connectivity index (χ2v) is 8.17. The number of esters is 1. The average Bonchev–Trinajstić information content (AvgIpc) is 3.13. The molecule has 0 amide bonds. The molecule has 0 radical (unpaired) electrons. The number of aromatic nitrogens is 1. The van der Waals surface area contributed by atoms with Gasteiger partial charge in [0, 0.05) is 42.1 Å². The highest BCUT2D eigenvalue weighted by atomic mass is 35.5. The van der Waals surface area contributed by atoms with E-state index in [4.69, 9.17) is 21.1 Å². The largest absolute Gasteiger partial charge is 0.462 e. The van der Waals surface area contributed by atoms with Crippen LogP contribution < -0.4 is 0 Å². The van der Waals surface area contributed by atoms with E-state index in [0.717, 1.165) is 43.2 Å². The summed E-state index contributed by atoms with van der Waals surface area (Å²) in [4.78, 5) is 12.7. The predicted octanol–water partition coefficient (Wildman–Crippen LogP) is 5.85. The van der Waals surface area contributed by atoms with Crippen LogP contribution in [0, 0.1) is 5.92 Å². The molecule has 152 valence electrons. The molecule has 1 aliphatic heterocycles. The summed E-state index contributed by atoms with van der Waals surface area (Å²) >= 11 is 6.14. The normalized spacial score (nSPS) is 16.3. The van der Waals surface area contributed by atoms with Gasteiger partial charge in [-0.05, 0) is 69.7 Å². The summed E-state index contributed by atoms with van der Waals surface area (Å²) in [7, 11) is 0. The van der Waals surface area contributed by atoms with Crippen molar-refractivity contribution < 1.29 is 14.3 Å². The maximum absolute atomic E-state index is 12.7. The first-order valence-corrected chi connectivity index (χ1v) is 10.6. The van der Waals surface area contributed by atoms with Crippen LogP contribution >= 0.6 is 11.6 Å². The number of halogens is 1. The van der Waals surface area contributed by atoms with Crippen molar-refractivity contribution in [2.75, 3.05) is 19.8 Å².